The predicted octanol–water partition coefficient (Wildman–Crippen LogP) is 4.41. The Balaban J connectivity index is 2.14. The number of benzene rings is 1. The van der Waals surface area contributed by atoms with Gasteiger partial charge in [0.1, 0.15) is 4.83 Å². The van der Waals surface area contributed by atoms with Crippen LogP contribution in [0.5, 0.6) is 11.6 Å². The molecule has 0 fully saturated rings. The normalized spacial score (nSPS) is 11.0. The maximum absolute atomic E-state index is 13.8. The molecule has 0 saturated heterocycles. The molecule has 4 nitrogen and oxygen atoms in total. The summed E-state index contributed by atoms with van der Waals surface area (Å²) in [5.74, 6) is -2.27. The minimum absolute atomic E-state index is 0.00947. The summed E-state index contributed by atoms with van der Waals surface area (Å²) >= 11 is 4.50. The first-order chi connectivity index (χ1) is 9.94. The summed E-state index contributed by atoms with van der Waals surface area (Å²) in [6.07, 6.45) is 0. The van der Waals surface area contributed by atoms with E-state index < -0.39 is 11.6 Å². The number of hydrogen-bond donors (Lipinski definition) is 1. The van der Waals surface area contributed by atoms with Gasteiger partial charge in [-0.05, 0) is 25.1 Å². The zero-order valence-corrected chi connectivity index (χ0v) is 13.1. The number of nitrogens with zero attached hydrogens (tertiary/aromatic N) is 2. The van der Waals surface area contributed by atoms with Crippen molar-refractivity contribution >= 4 is 43.4 Å². The van der Waals surface area contributed by atoms with Gasteiger partial charge in [0.15, 0.2) is 11.6 Å². The van der Waals surface area contributed by atoms with Gasteiger partial charge in [-0.15, -0.1) is 11.3 Å². The maximum atomic E-state index is 13.8. The van der Waals surface area contributed by atoms with Gasteiger partial charge in [-0.3, -0.25) is 0 Å². The fourth-order valence-corrected chi connectivity index (χ4v) is 3.11. The number of nitrogens with two attached hydrogens (primary N) is 1. The Morgan fingerprint density at radius 2 is 2.00 bits per heavy atom. The molecule has 21 heavy (non-hydrogen) atoms. The van der Waals surface area contributed by atoms with E-state index in [0.29, 0.717) is 14.7 Å². The standard InChI is InChI=1S/C13H8BrF2N3OS/c1-5-2-7-11(18-13(17)19-12(7)21-5)20-9-4-6(14)3-8(15)10(9)16/h2-4H,1H3,(H2,17,18,19). The van der Waals surface area contributed by atoms with Crippen molar-refractivity contribution in [3.8, 4) is 11.6 Å². The minimum Gasteiger partial charge on any atom is -0.435 e. The first-order valence-electron chi connectivity index (χ1n) is 5.80. The lowest BCUT2D eigenvalue weighted by molar-refractivity contribution is 0.408. The number of rotatable bonds is 2. The van der Waals surface area contributed by atoms with Crippen LogP contribution in [0.3, 0.4) is 0 Å². The van der Waals surface area contributed by atoms with E-state index >= 15 is 0 Å². The summed E-state index contributed by atoms with van der Waals surface area (Å²) in [6.45, 7) is 1.89. The van der Waals surface area contributed by atoms with Crippen LogP contribution >= 0.6 is 27.3 Å². The van der Waals surface area contributed by atoms with E-state index in [0.717, 1.165) is 10.9 Å². The number of halogens is 3. The molecule has 0 unspecified atom stereocenters. The summed E-state index contributed by atoms with van der Waals surface area (Å²) in [7, 11) is 0. The molecule has 0 saturated carbocycles. The number of thiophene rings is 1. The van der Waals surface area contributed by atoms with E-state index in [9.17, 15) is 8.78 Å². The molecule has 2 N–H and O–H groups in total. The first-order valence-corrected chi connectivity index (χ1v) is 7.41. The fourth-order valence-electron chi connectivity index (χ4n) is 1.82. The molecule has 0 aliphatic rings. The molecule has 0 aliphatic heterocycles. The number of aromatic nitrogens is 2. The second-order valence-corrected chi connectivity index (χ2v) is 6.42. The summed E-state index contributed by atoms with van der Waals surface area (Å²) in [5.41, 5.74) is 5.61. The van der Waals surface area contributed by atoms with Crippen molar-refractivity contribution < 1.29 is 13.5 Å². The molecule has 108 valence electrons. The number of fused-ring (bicyclic) bond motifs is 1. The van der Waals surface area contributed by atoms with Crippen LogP contribution in [0, 0.1) is 18.6 Å². The molecule has 0 spiro atoms. The van der Waals surface area contributed by atoms with Crippen molar-refractivity contribution in [2.24, 2.45) is 0 Å². The van der Waals surface area contributed by atoms with Crippen LogP contribution < -0.4 is 10.5 Å². The SMILES string of the molecule is Cc1cc2c(Oc3cc(Br)cc(F)c3F)nc(N)nc2s1. The van der Waals surface area contributed by atoms with Gasteiger partial charge < -0.3 is 10.5 Å². The topological polar surface area (TPSA) is 61.0 Å². The number of aryl methyl sites for hydroxylation is 1. The van der Waals surface area contributed by atoms with E-state index in [4.69, 9.17) is 10.5 Å². The molecule has 8 heteroatoms. The third kappa shape index (κ3) is 2.68. The Morgan fingerprint density at radius 3 is 2.76 bits per heavy atom. The van der Waals surface area contributed by atoms with E-state index in [1.165, 1.54) is 17.4 Å². The van der Waals surface area contributed by atoms with E-state index in [-0.39, 0.29) is 17.6 Å². The van der Waals surface area contributed by atoms with Crippen molar-refractivity contribution in [1.29, 1.82) is 0 Å². The van der Waals surface area contributed by atoms with Crippen LogP contribution in [-0.4, -0.2) is 9.97 Å². The smallest absolute Gasteiger partial charge is 0.233 e. The number of anilines is 1. The zero-order chi connectivity index (χ0) is 15.1. The molecule has 2 aromatic heterocycles. The molecule has 1 aromatic carbocycles. The largest absolute Gasteiger partial charge is 0.435 e. The molecule has 0 aliphatic carbocycles. The molecule has 0 amide bonds. The summed E-state index contributed by atoms with van der Waals surface area (Å²) in [6, 6.07) is 4.14. The van der Waals surface area contributed by atoms with Crippen molar-refractivity contribution in [3.05, 3.63) is 39.2 Å². The highest BCUT2D eigenvalue weighted by molar-refractivity contribution is 9.10. The highest BCUT2D eigenvalue weighted by atomic mass is 79.9. The highest BCUT2D eigenvalue weighted by Gasteiger charge is 2.16. The van der Waals surface area contributed by atoms with E-state index in [1.54, 1.807) is 6.07 Å². The fraction of sp³-hybridized carbons (Fsp3) is 0.0769. The molecule has 0 radical (unpaired) electrons. The van der Waals surface area contributed by atoms with Crippen molar-refractivity contribution in [2.45, 2.75) is 6.92 Å². The number of ether oxygens (including phenoxy) is 1. The molecule has 0 bridgehead atoms. The van der Waals surface area contributed by atoms with Crippen LogP contribution in [0.25, 0.3) is 10.2 Å². The van der Waals surface area contributed by atoms with Crippen molar-refractivity contribution in [2.75, 3.05) is 5.73 Å². The molecule has 0 atom stereocenters. The Morgan fingerprint density at radius 1 is 1.24 bits per heavy atom. The third-order valence-corrected chi connectivity index (χ3v) is 4.07. The average molecular weight is 372 g/mol. The Labute approximate surface area is 130 Å². The third-order valence-electron chi connectivity index (χ3n) is 2.66. The van der Waals surface area contributed by atoms with Crippen molar-refractivity contribution in [3.63, 3.8) is 0 Å². The molecular formula is C13H8BrF2N3OS. The molecule has 2 heterocycles. The molecule has 3 aromatic rings. The van der Waals surface area contributed by atoms with Gasteiger partial charge in [0, 0.05) is 9.35 Å². The number of hydrogen-bond acceptors (Lipinski definition) is 5. The van der Waals surface area contributed by atoms with Gasteiger partial charge in [0.2, 0.25) is 17.6 Å². The maximum Gasteiger partial charge on any atom is 0.233 e. The van der Waals surface area contributed by atoms with Crippen LogP contribution in [0.2, 0.25) is 0 Å². The van der Waals surface area contributed by atoms with Gasteiger partial charge in [-0.2, -0.15) is 9.37 Å². The van der Waals surface area contributed by atoms with E-state index in [1.807, 2.05) is 6.92 Å². The molecule has 3 rings (SSSR count). The monoisotopic (exact) mass is 371 g/mol. The van der Waals surface area contributed by atoms with Gasteiger partial charge in [-0.25, -0.2) is 9.37 Å². The van der Waals surface area contributed by atoms with Gasteiger partial charge in [0.05, 0.1) is 5.39 Å². The average Bonchev–Trinajstić information content (AvgIpc) is 2.75. The summed E-state index contributed by atoms with van der Waals surface area (Å²) < 4.78 is 32.9. The molecular weight excluding hydrogens is 364 g/mol. The van der Waals surface area contributed by atoms with Crippen LogP contribution in [0.4, 0.5) is 14.7 Å². The van der Waals surface area contributed by atoms with E-state index in [2.05, 4.69) is 25.9 Å². The Hall–Kier alpha value is -1.80. The number of nitrogen functional groups attached to an aromatic ring is 1. The summed E-state index contributed by atoms with van der Waals surface area (Å²) in [5, 5.41) is 0.603. The first kappa shape index (κ1) is 14.2. The van der Waals surface area contributed by atoms with Gasteiger partial charge in [0.25, 0.3) is 0 Å². The lowest BCUT2D eigenvalue weighted by Gasteiger charge is -2.08. The van der Waals surface area contributed by atoms with Gasteiger partial charge >= 0.3 is 0 Å². The highest BCUT2D eigenvalue weighted by Crippen LogP contribution is 2.35. The van der Waals surface area contributed by atoms with Crippen LogP contribution in [0.1, 0.15) is 4.88 Å². The second kappa shape index (κ2) is 5.19. The lowest BCUT2D eigenvalue weighted by atomic mass is 10.3. The minimum atomic E-state index is -1.09. The second-order valence-electron chi connectivity index (χ2n) is 4.26. The lowest BCUT2D eigenvalue weighted by Crippen LogP contribution is -1.99. The summed E-state index contributed by atoms with van der Waals surface area (Å²) in [4.78, 5) is 9.65. The Bertz CT molecular complexity index is 853. The quantitative estimate of drug-likeness (QED) is 0.677. The van der Waals surface area contributed by atoms with Crippen molar-refractivity contribution in [1.82, 2.24) is 9.97 Å². The van der Waals surface area contributed by atoms with Crippen LogP contribution in [-0.2, 0) is 0 Å². The predicted molar refractivity (Wildman–Crippen MR) is 80.7 cm³/mol. The van der Waals surface area contributed by atoms with Gasteiger partial charge in [-0.1, -0.05) is 15.9 Å². The Kier molecular flexibility index (Phi) is 3.50. The van der Waals surface area contributed by atoms with Crippen LogP contribution in [0.15, 0.2) is 22.7 Å². The zero-order valence-electron chi connectivity index (χ0n) is 10.7.